The van der Waals surface area contributed by atoms with Crippen LogP contribution in [0.15, 0.2) is 24.4 Å². The molecule has 0 fully saturated rings. The molecule has 0 amide bonds. The van der Waals surface area contributed by atoms with E-state index >= 15 is 0 Å². The zero-order valence-corrected chi connectivity index (χ0v) is 12.1. The van der Waals surface area contributed by atoms with E-state index in [9.17, 15) is 0 Å². The van der Waals surface area contributed by atoms with Crippen LogP contribution in [0.4, 0.5) is 0 Å². The van der Waals surface area contributed by atoms with Crippen LogP contribution >= 0.6 is 11.6 Å². The fourth-order valence-electron chi connectivity index (χ4n) is 2.07. The van der Waals surface area contributed by atoms with Crippen LogP contribution in [-0.2, 0) is 11.3 Å². The van der Waals surface area contributed by atoms with Crippen molar-refractivity contribution < 1.29 is 4.74 Å². The van der Waals surface area contributed by atoms with Gasteiger partial charge in [-0.2, -0.15) is 0 Å². The van der Waals surface area contributed by atoms with Gasteiger partial charge in [-0.25, -0.2) is 0 Å². The highest BCUT2D eigenvalue weighted by Gasteiger charge is 2.03. The molecular weight excluding hydrogens is 260 g/mol. The third kappa shape index (κ3) is 4.23. The lowest BCUT2D eigenvalue weighted by molar-refractivity contribution is 0.132. The minimum Gasteiger partial charge on any atom is -0.381 e. The first-order valence-electron chi connectivity index (χ1n) is 6.85. The second-order valence-electron chi connectivity index (χ2n) is 4.65. The highest BCUT2D eigenvalue weighted by atomic mass is 35.5. The molecule has 0 aliphatic carbocycles. The van der Waals surface area contributed by atoms with Crippen molar-refractivity contribution in [2.24, 2.45) is 0 Å². The number of hydrogen-bond donors (Lipinski definition) is 2. The van der Waals surface area contributed by atoms with Gasteiger partial charge < -0.3 is 15.0 Å². The Bertz CT molecular complexity index is 510. The van der Waals surface area contributed by atoms with Gasteiger partial charge in [-0.15, -0.1) is 0 Å². The van der Waals surface area contributed by atoms with Gasteiger partial charge in [0.15, 0.2) is 0 Å². The van der Waals surface area contributed by atoms with Crippen molar-refractivity contribution in [2.45, 2.75) is 26.3 Å². The number of H-pyrrole nitrogens is 1. The maximum atomic E-state index is 5.97. The number of hydrogen-bond acceptors (Lipinski definition) is 2. The van der Waals surface area contributed by atoms with Gasteiger partial charge >= 0.3 is 0 Å². The molecule has 2 rings (SSSR count). The number of nitrogens with one attached hydrogen (secondary N) is 2. The molecule has 0 spiro atoms. The predicted octanol–water partition coefficient (Wildman–Crippen LogP) is 3.73. The van der Waals surface area contributed by atoms with E-state index in [1.807, 2.05) is 18.3 Å². The van der Waals surface area contributed by atoms with E-state index in [0.717, 1.165) is 49.7 Å². The molecule has 1 heterocycles. The third-order valence-electron chi connectivity index (χ3n) is 3.04. The van der Waals surface area contributed by atoms with E-state index in [-0.39, 0.29) is 0 Å². The normalized spacial score (nSPS) is 11.3. The Morgan fingerprint density at radius 1 is 1.32 bits per heavy atom. The van der Waals surface area contributed by atoms with Crippen LogP contribution in [0.2, 0.25) is 5.02 Å². The minimum atomic E-state index is 0.766. The molecule has 1 aromatic heterocycles. The molecule has 1 aromatic carbocycles. The average Bonchev–Trinajstić information content (AvgIpc) is 2.80. The molecule has 0 saturated heterocycles. The maximum absolute atomic E-state index is 5.97. The molecule has 0 aliphatic rings. The molecule has 4 heteroatoms. The molecule has 2 aromatic rings. The Morgan fingerprint density at radius 3 is 3.05 bits per heavy atom. The van der Waals surface area contributed by atoms with E-state index in [0.29, 0.717) is 0 Å². The summed E-state index contributed by atoms with van der Waals surface area (Å²) >= 11 is 5.97. The zero-order chi connectivity index (χ0) is 13.5. The van der Waals surface area contributed by atoms with E-state index in [2.05, 4.69) is 23.3 Å². The standard InChI is InChI=1S/C15H21ClN2O/c1-2-7-19-8-3-6-17-10-12-11-18-15-9-13(16)4-5-14(12)15/h4-5,9,11,17-18H,2-3,6-8,10H2,1H3. The Morgan fingerprint density at radius 2 is 2.21 bits per heavy atom. The molecule has 0 bridgehead atoms. The molecule has 3 nitrogen and oxygen atoms in total. The molecule has 0 radical (unpaired) electrons. The van der Waals surface area contributed by atoms with Gasteiger partial charge in [0.1, 0.15) is 0 Å². The number of rotatable bonds is 8. The Labute approximate surface area is 119 Å². The Kier molecular flexibility index (Phi) is 5.70. The Hall–Kier alpha value is -1.03. The topological polar surface area (TPSA) is 37.0 Å². The van der Waals surface area contributed by atoms with Crippen molar-refractivity contribution in [3.8, 4) is 0 Å². The summed E-state index contributed by atoms with van der Waals surface area (Å²) in [6.45, 7) is 5.68. The highest BCUT2D eigenvalue weighted by Crippen LogP contribution is 2.21. The smallest absolute Gasteiger partial charge is 0.0478 e. The lowest BCUT2D eigenvalue weighted by Crippen LogP contribution is -2.16. The third-order valence-corrected chi connectivity index (χ3v) is 3.27. The van der Waals surface area contributed by atoms with Crippen molar-refractivity contribution in [1.82, 2.24) is 10.3 Å². The molecule has 2 N–H and O–H groups in total. The van der Waals surface area contributed by atoms with Gasteiger partial charge in [-0.05, 0) is 37.1 Å². The first-order valence-corrected chi connectivity index (χ1v) is 7.23. The molecule has 104 valence electrons. The summed E-state index contributed by atoms with van der Waals surface area (Å²) in [6.07, 6.45) is 4.18. The van der Waals surface area contributed by atoms with E-state index in [4.69, 9.17) is 16.3 Å². The summed E-state index contributed by atoms with van der Waals surface area (Å²) in [6, 6.07) is 5.95. The van der Waals surface area contributed by atoms with Gasteiger partial charge in [-0.1, -0.05) is 24.6 Å². The molecular formula is C15H21ClN2O. The van der Waals surface area contributed by atoms with Gasteiger partial charge in [0.05, 0.1) is 0 Å². The van der Waals surface area contributed by atoms with E-state index < -0.39 is 0 Å². The largest absolute Gasteiger partial charge is 0.381 e. The van der Waals surface area contributed by atoms with Gasteiger partial charge in [0.2, 0.25) is 0 Å². The van der Waals surface area contributed by atoms with Crippen LogP contribution in [0.1, 0.15) is 25.3 Å². The first-order chi connectivity index (χ1) is 9.31. The minimum absolute atomic E-state index is 0.766. The monoisotopic (exact) mass is 280 g/mol. The predicted molar refractivity (Wildman–Crippen MR) is 80.7 cm³/mol. The highest BCUT2D eigenvalue weighted by molar-refractivity contribution is 6.31. The van der Waals surface area contributed by atoms with Crippen LogP contribution < -0.4 is 5.32 Å². The molecule has 0 saturated carbocycles. The van der Waals surface area contributed by atoms with Crippen LogP contribution in [0.25, 0.3) is 10.9 Å². The summed E-state index contributed by atoms with van der Waals surface area (Å²) in [5, 5.41) is 5.44. The second-order valence-corrected chi connectivity index (χ2v) is 5.08. The fraction of sp³-hybridized carbons (Fsp3) is 0.467. The van der Waals surface area contributed by atoms with Crippen molar-refractivity contribution in [3.63, 3.8) is 0 Å². The van der Waals surface area contributed by atoms with Crippen molar-refractivity contribution in [2.75, 3.05) is 19.8 Å². The van der Waals surface area contributed by atoms with E-state index in [1.165, 1.54) is 10.9 Å². The second kappa shape index (κ2) is 7.53. The van der Waals surface area contributed by atoms with E-state index in [1.54, 1.807) is 0 Å². The summed E-state index contributed by atoms with van der Waals surface area (Å²) in [5.74, 6) is 0. The lowest BCUT2D eigenvalue weighted by Gasteiger charge is -2.05. The van der Waals surface area contributed by atoms with Crippen molar-refractivity contribution in [1.29, 1.82) is 0 Å². The van der Waals surface area contributed by atoms with Crippen molar-refractivity contribution in [3.05, 3.63) is 35.0 Å². The average molecular weight is 281 g/mol. The number of ether oxygens (including phenoxy) is 1. The molecule has 0 aliphatic heterocycles. The first kappa shape index (κ1) is 14.4. The number of aromatic nitrogens is 1. The summed E-state index contributed by atoms with van der Waals surface area (Å²) in [4.78, 5) is 3.25. The summed E-state index contributed by atoms with van der Waals surface area (Å²) in [7, 11) is 0. The maximum Gasteiger partial charge on any atom is 0.0478 e. The van der Waals surface area contributed by atoms with Crippen LogP contribution in [0.3, 0.4) is 0 Å². The number of aromatic amines is 1. The van der Waals surface area contributed by atoms with Crippen LogP contribution in [0, 0.1) is 0 Å². The fourth-order valence-corrected chi connectivity index (χ4v) is 2.25. The number of benzene rings is 1. The van der Waals surface area contributed by atoms with Gasteiger partial charge in [0, 0.05) is 41.9 Å². The number of halogens is 1. The van der Waals surface area contributed by atoms with Crippen LogP contribution in [0.5, 0.6) is 0 Å². The van der Waals surface area contributed by atoms with Gasteiger partial charge in [-0.3, -0.25) is 0 Å². The molecule has 0 atom stereocenters. The van der Waals surface area contributed by atoms with Crippen molar-refractivity contribution >= 4 is 22.5 Å². The zero-order valence-electron chi connectivity index (χ0n) is 11.3. The summed E-state index contributed by atoms with van der Waals surface area (Å²) in [5.41, 5.74) is 2.37. The SMILES string of the molecule is CCCOCCCNCc1c[nH]c2cc(Cl)ccc12. The Balaban J connectivity index is 1.76. The molecule has 0 unspecified atom stereocenters. The molecule has 19 heavy (non-hydrogen) atoms. The summed E-state index contributed by atoms with van der Waals surface area (Å²) < 4.78 is 5.44. The lowest BCUT2D eigenvalue weighted by atomic mass is 10.2. The quantitative estimate of drug-likeness (QED) is 0.723. The van der Waals surface area contributed by atoms with Gasteiger partial charge in [0.25, 0.3) is 0 Å². The number of fused-ring (bicyclic) bond motifs is 1. The van der Waals surface area contributed by atoms with Crippen LogP contribution in [-0.4, -0.2) is 24.7 Å².